The molecule has 0 aliphatic carbocycles. The van der Waals surface area contributed by atoms with Gasteiger partial charge in [0.05, 0.1) is 20.8 Å². The van der Waals surface area contributed by atoms with E-state index in [9.17, 15) is 4.79 Å². The minimum Gasteiger partial charge on any atom is -0.320 e. The molecule has 0 aliphatic heterocycles. The quantitative estimate of drug-likeness (QED) is 0.611. The second-order valence-electron chi connectivity index (χ2n) is 4.28. The first-order valence-corrected chi connectivity index (χ1v) is 7.27. The lowest BCUT2D eigenvalue weighted by Gasteiger charge is -2.06. The average molecular weight is 352 g/mol. The van der Waals surface area contributed by atoms with Crippen LogP contribution in [-0.4, -0.2) is 5.91 Å². The van der Waals surface area contributed by atoms with Gasteiger partial charge in [-0.2, -0.15) is 5.26 Å². The van der Waals surface area contributed by atoms with E-state index in [-0.39, 0.29) is 5.57 Å². The van der Waals surface area contributed by atoms with Crippen LogP contribution in [0.15, 0.2) is 48.0 Å². The van der Waals surface area contributed by atoms with E-state index in [4.69, 9.17) is 40.1 Å². The third-order valence-corrected chi connectivity index (χ3v) is 3.81. The first kappa shape index (κ1) is 16.4. The van der Waals surface area contributed by atoms with Gasteiger partial charge in [-0.05, 0) is 35.9 Å². The molecule has 2 aromatic rings. The van der Waals surface area contributed by atoms with Crippen molar-refractivity contribution in [3.63, 3.8) is 0 Å². The molecule has 0 fully saturated rings. The summed E-state index contributed by atoms with van der Waals surface area (Å²) < 4.78 is 0. The molecule has 0 radical (unpaired) electrons. The zero-order valence-corrected chi connectivity index (χ0v) is 13.4. The Morgan fingerprint density at radius 2 is 1.77 bits per heavy atom. The fourth-order valence-electron chi connectivity index (χ4n) is 1.67. The van der Waals surface area contributed by atoms with E-state index in [0.29, 0.717) is 26.3 Å². The minimum atomic E-state index is -0.554. The van der Waals surface area contributed by atoms with Gasteiger partial charge in [0.2, 0.25) is 0 Å². The van der Waals surface area contributed by atoms with Gasteiger partial charge in [-0.3, -0.25) is 4.79 Å². The summed E-state index contributed by atoms with van der Waals surface area (Å²) in [4.78, 5) is 12.1. The maximum absolute atomic E-state index is 12.1. The van der Waals surface area contributed by atoms with E-state index in [1.54, 1.807) is 42.5 Å². The molecule has 1 amide bonds. The molecule has 0 saturated carbocycles. The molecule has 6 heteroatoms. The summed E-state index contributed by atoms with van der Waals surface area (Å²) in [7, 11) is 0. The number of nitrogens with zero attached hydrogens (tertiary/aromatic N) is 1. The number of benzene rings is 2. The van der Waals surface area contributed by atoms with Crippen LogP contribution in [0.1, 0.15) is 5.56 Å². The van der Waals surface area contributed by atoms with Gasteiger partial charge in [-0.1, -0.05) is 53.0 Å². The van der Waals surface area contributed by atoms with E-state index in [1.807, 2.05) is 6.07 Å². The van der Waals surface area contributed by atoms with Crippen LogP contribution in [0.3, 0.4) is 0 Å². The van der Waals surface area contributed by atoms with E-state index in [0.717, 1.165) is 0 Å². The molecule has 0 spiro atoms. The van der Waals surface area contributed by atoms with Gasteiger partial charge in [-0.25, -0.2) is 0 Å². The van der Waals surface area contributed by atoms with Crippen molar-refractivity contribution in [1.82, 2.24) is 0 Å². The first-order valence-electron chi connectivity index (χ1n) is 6.14. The maximum Gasteiger partial charge on any atom is 0.266 e. The van der Waals surface area contributed by atoms with Crippen molar-refractivity contribution in [2.45, 2.75) is 0 Å². The summed E-state index contributed by atoms with van der Waals surface area (Å²) >= 11 is 17.7. The molecule has 110 valence electrons. The number of carbonyl (C=O) groups is 1. The molecule has 1 N–H and O–H groups in total. The molecule has 0 aromatic heterocycles. The number of rotatable bonds is 3. The highest BCUT2D eigenvalue weighted by Crippen LogP contribution is 2.24. The summed E-state index contributed by atoms with van der Waals surface area (Å²) in [5.41, 5.74) is 0.961. The number of hydrogen-bond acceptors (Lipinski definition) is 2. The molecule has 22 heavy (non-hydrogen) atoms. The van der Waals surface area contributed by atoms with Crippen molar-refractivity contribution >= 4 is 52.5 Å². The number of nitrogens with one attached hydrogen (secondary N) is 1. The molecular weight excluding hydrogens is 343 g/mol. The Balaban J connectivity index is 2.26. The highest BCUT2D eigenvalue weighted by molar-refractivity contribution is 6.42. The van der Waals surface area contributed by atoms with Crippen molar-refractivity contribution in [2.75, 3.05) is 5.32 Å². The van der Waals surface area contributed by atoms with Crippen molar-refractivity contribution in [1.29, 1.82) is 5.26 Å². The van der Waals surface area contributed by atoms with Gasteiger partial charge < -0.3 is 5.32 Å². The van der Waals surface area contributed by atoms with Crippen LogP contribution in [-0.2, 0) is 4.79 Å². The Labute approximate surface area is 142 Å². The second kappa shape index (κ2) is 7.33. The molecular formula is C16H9Cl3N2O. The number of nitriles is 1. The van der Waals surface area contributed by atoms with Crippen LogP contribution in [0.2, 0.25) is 15.1 Å². The van der Waals surface area contributed by atoms with E-state index >= 15 is 0 Å². The molecule has 0 atom stereocenters. The van der Waals surface area contributed by atoms with Gasteiger partial charge >= 0.3 is 0 Å². The van der Waals surface area contributed by atoms with E-state index in [2.05, 4.69) is 5.32 Å². The third-order valence-electron chi connectivity index (χ3n) is 2.74. The molecule has 2 rings (SSSR count). The van der Waals surface area contributed by atoms with Crippen LogP contribution in [0.5, 0.6) is 0 Å². The molecule has 2 aromatic carbocycles. The molecule has 0 heterocycles. The largest absolute Gasteiger partial charge is 0.320 e. The maximum atomic E-state index is 12.1. The van der Waals surface area contributed by atoms with Crippen LogP contribution < -0.4 is 5.32 Å². The Morgan fingerprint density at radius 1 is 1.05 bits per heavy atom. The highest BCUT2D eigenvalue weighted by Gasteiger charge is 2.11. The topological polar surface area (TPSA) is 52.9 Å². The number of amides is 1. The van der Waals surface area contributed by atoms with Gasteiger partial charge in [0.1, 0.15) is 11.6 Å². The van der Waals surface area contributed by atoms with Gasteiger partial charge in [0.15, 0.2) is 0 Å². The predicted molar refractivity (Wildman–Crippen MR) is 90.1 cm³/mol. The van der Waals surface area contributed by atoms with Gasteiger partial charge in [0, 0.05) is 0 Å². The molecule has 3 nitrogen and oxygen atoms in total. The SMILES string of the molecule is N#C/C(=C\c1ccc(Cl)c(Cl)c1)C(=O)Nc1ccccc1Cl. The van der Waals surface area contributed by atoms with Gasteiger partial charge in [-0.15, -0.1) is 0 Å². The Morgan fingerprint density at radius 3 is 2.41 bits per heavy atom. The summed E-state index contributed by atoms with van der Waals surface area (Å²) in [6.07, 6.45) is 1.42. The lowest BCUT2D eigenvalue weighted by molar-refractivity contribution is -0.112. The Hall–Kier alpha value is -1.99. The fourth-order valence-corrected chi connectivity index (χ4v) is 2.16. The average Bonchev–Trinajstić information content (AvgIpc) is 2.50. The second-order valence-corrected chi connectivity index (χ2v) is 5.50. The van der Waals surface area contributed by atoms with Crippen LogP contribution in [0, 0.1) is 11.3 Å². The molecule has 0 aliphatic rings. The number of carbonyl (C=O) groups excluding carboxylic acids is 1. The lowest BCUT2D eigenvalue weighted by Crippen LogP contribution is -2.13. The molecule has 0 saturated heterocycles. The van der Waals surface area contributed by atoms with Crippen LogP contribution in [0.25, 0.3) is 6.08 Å². The first-order chi connectivity index (χ1) is 10.5. The Bertz CT molecular complexity index is 794. The number of para-hydroxylation sites is 1. The smallest absolute Gasteiger partial charge is 0.266 e. The summed E-state index contributed by atoms with van der Waals surface area (Å²) in [6.45, 7) is 0. The number of hydrogen-bond donors (Lipinski definition) is 1. The fraction of sp³-hybridized carbons (Fsp3) is 0. The molecule has 0 unspecified atom stereocenters. The zero-order valence-electron chi connectivity index (χ0n) is 11.1. The lowest BCUT2D eigenvalue weighted by atomic mass is 10.1. The number of anilines is 1. The predicted octanol–water partition coefficient (Wildman–Crippen LogP) is 5.19. The van der Waals surface area contributed by atoms with Gasteiger partial charge in [0.25, 0.3) is 5.91 Å². The monoisotopic (exact) mass is 350 g/mol. The van der Waals surface area contributed by atoms with Crippen molar-refractivity contribution in [3.8, 4) is 6.07 Å². The van der Waals surface area contributed by atoms with Crippen molar-refractivity contribution in [3.05, 3.63) is 68.7 Å². The number of halogens is 3. The standard InChI is InChI=1S/C16H9Cl3N2O/c17-12-6-5-10(8-14(12)19)7-11(9-20)16(22)21-15-4-2-1-3-13(15)18/h1-8H,(H,21,22)/b11-7+. The molecule has 0 bridgehead atoms. The zero-order chi connectivity index (χ0) is 16.1. The highest BCUT2D eigenvalue weighted by atomic mass is 35.5. The Kier molecular flexibility index (Phi) is 5.46. The third kappa shape index (κ3) is 4.02. The van der Waals surface area contributed by atoms with E-state index in [1.165, 1.54) is 6.08 Å². The summed E-state index contributed by atoms with van der Waals surface area (Å²) in [5, 5.41) is 12.9. The van der Waals surface area contributed by atoms with Crippen LogP contribution in [0.4, 0.5) is 5.69 Å². The van der Waals surface area contributed by atoms with Crippen molar-refractivity contribution < 1.29 is 4.79 Å². The van der Waals surface area contributed by atoms with Crippen molar-refractivity contribution in [2.24, 2.45) is 0 Å². The van der Waals surface area contributed by atoms with Crippen LogP contribution >= 0.6 is 34.8 Å². The normalized spacial score (nSPS) is 10.9. The summed E-state index contributed by atoms with van der Waals surface area (Å²) in [5.74, 6) is -0.554. The summed E-state index contributed by atoms with van der Waals surface area (Å²) in [6, 6.07) is 13.5. The van der Waals surface area contributed by atoms with E-state index < -0.39 is 5.91 Å². The minimum absolute atomic E-state index is 0.0710.